The third-order valence-electron chi connectivity index (χ3n) is 1.91. The van der Waals surface area contributed by atoms with Gasteiger partial charge in [-0.1, -0.05) is 23.8 Å². The van der Waals surface area contributed by atoms with Gasteiger partial charge in [0.05, 0.1) is 15.6 Å². The van der Waals surface area contributed by atoms with Crippen molar-refractivity contribution in [2.75, 3.05) is 6.54 Å². The van der Waals surface area contributed by atoms with Crippen LogP contribution in [0.15, 0.2) is 12.1 Å². The van der Waals surface area contributed by atoms with E-state index in [1.807, 2.05) is 0 Å². The van der Waals surface area contributed by atoms with Crippen molar-refractivity contribution >= 4 is 34.7 Å². The van der Waals surface area contributed by atoms with Gasteiger partial charge in [0.25, 0.3) is 5.91 Å². The zero-order valence-electron chi connectivity index (χ0n) is 8.60. The molecule has 3 N–H and O–H groups in total. The number of carbonyl (C=O) groups excluding carboxylic acids is 1. The normalized spacial score (nSPS) is 10.1. The van der Waals surface area contributed by atoms with Gasteiger partial charge in [0.2, 0.25) is 0 Å². The van der Waals surface area contributed by atoms with Crippen LogP contribution in [0.3, 0.4) is 0 Å². The number of amides is 1. The van der Waals surface area contributed by atoms with Crippen LogP contribution in [0.1, 0.15) is 16.8 Å². The van der Waals surface area contributed by atoms with E-state index in [0.29, 0.717) is 6.42 Å². The highest BCUT2D eigenvalue weighted by Gasteiger charge is 2.14. The summed E-state index contributed by atoms with van der Waals surface area (Å²) in [6.07, 6.45) is 0.290. The van der Waals surface area contributed by atoms with Gasteiger partial charge in [-0.15, -0.1) is 0 Å². The minimum absolute atomic E-state index is 0.165. The largest absolute Gasteiger partial charge is 0.393 e. The molecule has 0 saturated heterocycles. The number of nitrogens with one attached hydrogen (secondary N) is 1. The summed E-state index contributed by atoms with van der Waals surface area (Å²) in [7, 11) is 0. The SMILES string of the molecule is NC(=S)CCNC(=O)c1cc(F)c(Cl)cc1F. The molecule has 7 heteroatoms. The summed E-state index contributed by atoms with van der Waals surface area (Å²) < 4.78 is 26.4. The molecule has 0 fully saturated rings. The lowest BCUT2D eigenvalue weighted by Crippen LogP contribution is -2.28. The number of nitrogens with two attached hydrogens (primary N) is 1. The molecule has 3 nitrogen and oxygen atoms in total. The minimum atomic E-state index is -0.885. The molecular weight excluding hydrogens is 270 g/mol. The summed E-state index contributed by atoms with van der Waals surface area (Å²) in [6.45, 7) is 0.165. The van der Waals surface area contributed by atoms with E-state index in [1.54, 1.807) is 0 Å². The molecule has 0 unspecified atom stereocenters. The van der Waals surface area contributed by atoms with Crippen molar-refractivity contribution < 1.29 is 13.6 Å². The number of carbonyl (C=O) groups is 1. The van der Waals surface area contributed by atoms with Crippen molar-refractivity contribution in [2.24, 2.45) is 5.73 Å². The highest BCUT2D eigenvalue weighted by molar-refractivity contribution is 7.80. The Morgan fingerprint density at radius 3 is 2.65 bits per heavy atom. The molecule has 0 aliphatic heterocycles. The van der Waals surface area contributed by atoms with Gasteiger partial charge in [-0.2, -0.15) is 0 Å². The Morgan fingerprint density at radius 2 is 2.06 bits per heavy atom. The third kappa shape index (κ3) is 3.90. The maximum absolute atomic E-state index is 13.3. The summed E-state index contributed by atoms with van der Waals surface area (Å²) in [5.74, 6) is -2.48. The van der Waals surface area contributed by atoms with Gasteiger partial charge in [0.1, 0.15) is 11.6 Å². The van der Waals surface area contributed by atoms with Crippen LogP contribution in [0.25, 0.3) is 0 Å². The topological polar surface area (TPSA) is 55.1 Å². The van der Waals surface area contributed by atoms with E-state index < -0.39 is 23.1 Å². The molecule has 0 radical (unpaired) electrons. The molecule has 0 saturated carbocycles. The zero-order valence-corrected chi connectivity index (χ0v) is 10.2. The number of thiocarbonyl (C=S) groups is 1. The monoisotopic (exact) mass is 278 g/mol. The van der Waals surface area contributed by atoms with Gasteiger partial charge in [-0.05, 0) is 12.1 Å². The second-order valence-electron chi connectivity index (χ2n) is 3.22. The van der Waals surface area contributed by atoms with Crippen LogP contribution in [-0.2, 0) is 0 Å². The molecule has 0 bridgehead atoms. The highest BCUT2D eigenvalue weighted by atomic mass is 35.5. The Bertz CT molecular complexity index is 468. The summed E-state index contributed by atoms with van der Waals surface area (Å²) in [6, 6.07) is 1.49. The van der Waals surface area contributed by atoms with E-state index in [4.69, 9.17) is 17.3 Å². The lowest BCUT2D eigenvalue weighted by Gasteiger charge is -2.06. The van der Waals surface area contributed by atoms with Gasteiger partial charge in [-0.3, -0.25) is 4.79 Å². The first-order valence-corrected chi connectivity index (χ1v) is 5.41. The molecule has 1 aromatic carbocycles. The van der Waals surface area contributed by atoms with Crippen LogP contribution in [-0.4, -0.2) is 17.4 Å². The number of rotatable bonds is 4. The van der Waals surface area contributed by atoms with Crippen LogP contribution in [0, 0.1) is 11.6 Å². The van der Waals surface area contributed by atoms with Crippen LogP contribution >= 0.6 is 23.8 Å². The molecule has 1 amide bonds. The lowest BCUT2D eigenvalue weighted by molar-refractivity contribution is 0.0950. The Kier molecular flexibility index (Phi) is 4.77. The average Bonchev–Trinajstić information content (AvgIpc) is 2.22. The van der Waals surface area contributed by atoms with E-state index in [-0.39, 0.29) is 16.6 Å². The second-order valence-corrected chi connectivity index (χ2v) is 4.15. The molecule has 92 valence electrons. The fraction of sp³-hybridized carbons (Fsp3) is 0.200. The number of hydrogen-bond donors (Lipinski definition) is 2. The van der Waals surface area contributed by atoms with E-state index in [9.17, 15) is 13.6 Å². The van der Waals surface area contributed by atoms with Gasteiger partial charge in [-0.25, -0.2) is 8.78 Å². The van der Waals surface area contributed by atoms with Gasteiger partial charge < -0.3 is 11.1 Å². The highest BCUT2D eigenvalue weighted by Crippen LogP contribution is 2.19. The van der Waals surface area contributed by atoms with E-state index in [0.717, 1.165) is 12.1 Å². The van der Waals surface area contributed by atoms with Crippen molar-refractivity contribution in [3.63, 3.8) is 0 Å². The first-order valence-electron chi connectivity index (χ1n) is 4.63. The molecule has 0 heterocycles. The molecule has 0 aromatic heterocycles. The molecule has 0 aliphatic rings. The van der Waals surface area contributed by atoms with Crippen LogP contribution in [0.5, 0.6) is 0 Å². The van der Waals surface area contributed by atoms with Gasteiger partial charge in [0, 0.05) is 13.0 Å². The maximum Gasteiger partial charge on any atom is 0.254 e. The van der Waals surface area contributed by atoms with E-state index >= 15 is 0 Å². The molecule has 0 atom stereocenters. The first-order chi connectivity index (χ1) is 7.91. The Balaban J connectivity index is 2.75. The molecule has 0 spiro atoms. The fourth-order valence-electron chi connectivity index (χ4n) is 1.09. The van der Waals surface area contributed by atoms with Crippen molar-refractivity contribution in [1.82, 2.24) is 5.32 Å². The molecule has 0 aliphatic carbocycles. The quantitative estimate of drug-likeness (QED) is 0.654. The standard InChI is InChI=1S/C10H9ClF2N2OS/c11-6-4-7(12)5(3-8(6)13)10(16)15-2-1-9(14)17/h3-4H,1-2H2,(H2,14,17)(H,15,16). The summed E-state index contributed by atoms with van der Waals surface area (Å²) in [5, 5.41) is 1.99. The predicted octanol–water partition coefficient (Wildman–Crippen LogP) is 2.02. The number of hydrogen-bond acceptors (Lipinski definition) is 2. The van der Waals surface area contributed by atoms with E-state index in [2.05, 4.69) is 17.5 Å². The van der Waals surface area contributed by atoms with Crippen molar-refractivity contribution in [3.8, 4) is 0 Å². The molecule has 17 heavy (non-hydrogen) atoms. The summed E-state index contributed by atoms with van der Waals surface area (Å²) >= 11 is 9.96. The Labute approximate surface area is 107 Å². The molecular formula is C10H9ClF2N2OS. The third-order valence-corrected chi connectivity index (χ3v) is 2.41. The average molecular weight is 279 g/mol. The zero-order chi connectivity index (χ0) is 13.0. The summed E-state index contributed by atoms with van der Waals surface area (Å²) in [5.41, 5.74) is 4.81. The second kappa shape index (κ2) is 5.88. The van der Waals surface area contributed by atoms with Crippen LogP contribution in [0.4, 0.5) is 8.78 Å². The smallest absolute Gasteiger partial charge is 0.254 e. The number of benzene rings is 1. The summed E-state index contributed by atoms with van der Waals surface area (Å²) in [4.78, 5) is 11.7. The lowest BCUT2D eigenvalue weighted by atomic mass is 10.2. The van der Waals surface area contributed by atoms with Crippen molar-refractivity contribution in [3.05, 3.63) is 34.4 Å². The fourth-order valence-corrected chi connectivity index (χ4v) is 1.34. The van der Waals surface area contributed by atoms with Gasteiger partial charge >= 0.3 is 0 Å². The van der Waals surface area contributed by atoms with Crippen molar-refractivity contribution in [2.45, 2.75) is 6.42 Å². The first kappa shape index (κ1) is 13.8. The Hall–Kier alpha value is -1.27. The predicted molar refractivity (Wildman–Crippen MR) is 65.1 cm³/mol. The Morgan fingerprint density at radius 1 is 1.41 bits per heavy atom. The van der Waals surface area contributed by atoms with Crippen LogP contribution < -0.4 is 11.1 Å². The van der Waals surface area contributed by atoms with E-state index in [1.165, 1.54) is 0 Å². The maximum atomic E-state index is 13.3. The number of halogens is 3. The molecule has 1 rings (SSSR count). The van der Waals surface area contributed by atoms with Crippen LogP contribution in [0.2, 0.25) is 5.02 Å². The minimum Gasteiger partial charge on any atom is -0.393 e. The van der Waals surface area contributed by atoms with Gasteiger partial charge in [0.15, 0.2) is 0 Å². The van der Waals surface area contributed by atoms with Crippen molar-refractivity contribution in [1.29, 1.82) is 0 Å². The molecule has 1 aromatic rings.